The van der Waals surface area contributed by atoms with Gasteiger partial charge in [0.1, 0.15) is 11.6 Å². The molecule has 0 N–H and O–H groups in total. The molecule has 1 aromatic rings. The van der Waals surface area contributed by atoms with Crippen molar-refractivity contribution in [2.45, 2.75) is 39.5 Å². The third-order valence-corrected chi connectivity index (χ3v) is 3.25. The van der Waals surface area contributed by atoms with Gasteiger partial charge in [0.25, 0.3) is 0 Å². The van der Waals surface area contributed by atoms with Crippen LogP contribution in [0.2, 0.25) is 0 Å². The van der Waals surface area contributed by atoms with Crippen molar-refractivity contribution < 1.29 is 13.6 Å². The van der Waals surface area contributed by atoms with Gasteiger partial charge < -0.3 is 0 Å². The SMILES string of the molecule is CCCCN(CCCC)CC(=O)c1ccc(F)cc1F. The van der Waals surface area contributed by atoms with E-state index < -0.39 is 11.6 Å². The summed E-state index contributed by atoms with van der Waals surface area (Å²) in [5, 5.41) is 0. The third-order valence-electron chi connectivity index (χ3n) is 3.25. The first-order chi connectivity index (χ1) is 9.58. The first kappa shape index (κ1) is 16.8. The average Bonchev–Trinajstić information content (AvgIpc) is 2.41. The summed E-state index contributed by atoms with van der Waals surface area (Å²) in [5.74, 6) is -1.72. The Bertz CT molecular complexity index is 426. The highest BCUT2D eigenvalue weighted by molar-refractivity contribution is 5.97. The summed E-state index contributed by atoms with van der Waals surface area (Å²) in [6.45, 7) is 6.07. The van der Waals surface area contributed by atoms with Crippen molar-refractivity contribution in [3.63, 3.8) is 0 Å². The highest BCUT2D eigenvalue weighted by atomic mass is 19.1. The van der Waals surface area contributed by atoms with E-state index in [0.29, 0.717) is 0 Å². The first-order valence-corrected chi connectivity index (χ1v) is 7.29. The molecule has 0 heterocycles. The Labute approximate surface area is 119 Å². The molecular formula is C16H23F2NO. The van der Waals surface area contributed by atoms with Crippen LogP contribution in [0.1, 0.15) is 49.9 Å². The van der Waals surface area contributed by atoms with E-state index in [4.69, 9.17) is 0 Å². The Balaban J connectivity index is 2.68. The second-order valence-corrected chi connectivity index (χ2v) is 5.03. The molecule has 0 saturated carbocycles. The molecule has 0 aromatic heterocycles. The topological polar surface area (TPSA) is 20.3 Å². The Morgan fingerprint density at radius 1 is 1.10 bits per heavy atom. The summed E-state index contributed by atoms with van der Waals surface area (Å²) >= 11 is 0. The maximum Gasteiger partial charge on any atom is 0.179 e. The van der Waals surface area contributed by atoms with Crippen LogP contribution < -0.4 is 0 Å². The Kier molecular flexibility index (Phi) is 7.37. The van der Waals surface area contributed by atoms with E-state index in [0.717, 1.165) is 50.9 Å². The summed E-state index contributed by atoms with van der Waals surface area (Å²) in [6, 6.07) is 3.11. The van der Waals surface area contributed by atoms with E-state index in [1.54, 1.807) is 0 Å². The lowest BCUT2D eigenvalue weighted by atomic mass is 10.1. The molecule has 20 heavy (non-hydrogen) atoms. The zero-order valence-electron chi connectivity index (χ0n) is 12.3. The van der Waals surface area contributed by atoms with Crippen LogP contribution >= 0.6 is 0 Å². The molecule has 112 valence electrons. The Morgan fingerprint density at radius 2 is 1.70 bits per heavy atom. The van der Waals surface area contributed by atoms with Crippen molar-refractivity contribution in [2.24, 2.45) is 0 Å². The zero-order valence-corrected chi connectivity index (χ0v) is 12.3. The number of ketones is 1. The van der Waals surface area contributed by atoms with Crippen molar-refractivity contribution >= 4 is 5.78 Å². The fourth-order valence-electron chi connectivity index (χ4n) is 2.04. The zero-order chi connectivity index (χ0) is 15.0. The number of halogens is 2. The molecule has 0 atom stereocenters. The highest BCUT2D eigenvalue weighted by Gasteiger charge is 2.16. The molecule has 0 spiro atoms. The van der Waals surface area contributed by atoms with E-state index in [1.807, 2.05) is 0 Å². The van der Waals surface area contributed by atoms with E-state index in [2.05, 4.69) is 18.7 Å². The van der Waals surface area contributed by atoms with Crippen LogP contribution in [0.15, 0.2) is 18.2 Å². The molecule has 0 aliphatic rings. The molecule has 0 unspecified atom stereocenters. The van der Waals surface area contributed by atoms with Crippen molar-refractivity contribution in [1.82, 2.24) is 4.90 Å². The van der Waals surface area contributed by atoms with E-state index in [-0.39, 0.29) is 17.9 Å². The van der Waals surface area contributed by atoms with Gasteiger partial charge in [-0.05, 0) is 38.1 Å². The van der Waals surface area contributed by atoms with Crippen LogP contribution in [0.4, 0.5) is 8.78 Å². The minimum Gasteiger partial charge on any atom is -0.296 e. The largest absolute Gasteiger partial charge is 0.296 e. The maximum absolute atomic E-state index is 13.6. The first-order valence-electron chi connectivity index (χ1n) is 7.29. The second kappa shape index (κ2) is 8.80. The van der Waals surface area contributed by atoms with Gasteiger partial charge in [0, 0.05) is 6.07 Å². The van der Waals surface area contributed by atoms with Gasteiger partial charge in [-0.2, -0.15) is 0 Å². The number of carbonyl (C=O) groups excluding carboxylic acids is 1. The molecule has 2 nitrogen and oxygen atoms in total. The Hall–Kier alpha value is -1.29. The van der Waals surface area contributed by atoms with Crippen molar-refractivity contribution in [3.05, 3.63) is 35.4 Å². The van der Waals surface area contributed by atoms with Gasteiger partial charge in [-0.15, -0.1) is 0 Å². The molecule has 0 amide bonds. The average molecular weight is 283 g/mol. The highest BCUT2D eigenvalue weighted by Crippen LogP contribution is 2.11. The lowest BCUT2D eigenvalue weighted by Gasteiger charge is -2.21. The molecule has 0 aliphatic heterocycles. The fraction of sp³-hybridized carbons (Fsp3) is 0.562. The summed E-state index contributed by atoms with van der Waals surface area (Å²) in [6.07, 6.45) is 4.15. The molecule has 1 aromatic carbocycles. The van der Waals surface area contributed by atoms with E-state index >= 15 is 0 Å². The van der Waals surface area contributed by atoms with Crippen molar-refractivity contribution in [2.75, 3.05) is 19.6 Å². The van der Waals surface area contributed by atoms with Crippen LogP contribution in [0.5, 0.6) is 0 Å². The third kappa shape index (κ3) is 5.37. The number of hydrogen-bond donors (Lipinski definition) is 0. The monoisotopic (exact) mass is 283 g/mol. The molecule has 4 heteroatoms. The fourth-order valence-corrected chi connectivity index (χ4v) is 2.04. The summed E-state index contributed by atoms with van der Waals surface area (Å²) < 4.78 is 26.4. The lowest BCUT2D eigenvalue weighted by molar-refractivity contribution is 0.0924. The van der Waals surface area contributed by atoms with Gasteiger partial charge in [-0.1, -0.05) is 26.7 Å². The summed E-state index contributed by atoms with van der Waals surface area (Å²) in [5.41, 5.74) is -0.0237. The molecular weight excluding hydrogens is 260 g/mol. The summed E-state index contributed by atoms with van der Waals surface area (Å²) in [7, 11) is 0. The van der Waals surface area contributed by atoms with Crippen molar-refractivity contribution in [1.29, 1.82) is 0 Å². The van der Waals surface area contributed by atoms with Gasteiger partial charge >= 0.3 is 0 Å². The van der Waals surface area contributed by atoms with Crippen molar-refractivity contribution in [3.8, 4) is 0 Å². The minimum absolute atomic E-state index is 0.0237. The molecule has 1 rings (SSSR count). The molecule has 0 saturated heterocycles. The predicted molar refractivity (Wildman–Crippen MR) is 76.9 cm³/mol. The molecule has 0 bridgehead atoms. The van der Waals surface area contributed by atoms with Crippen LogP contribution in [-0.2, 0) is 0 Å². The number of nitrogens with zero attached hydrogens (tertiary/aromatic N) is 1. The number of hydrogen-bond acceptors (Lipinski definition) is 2. The standard InChI is InChI=1S/C16H23F2NO/c1-3-5-9-19(10-6-4-2)12-16(20)14-8-7-13(17)11-15(14)18/h7-8,11H,3-6,9-10,12H2,1-2H3. The molecule has 0 fully saturated rings. The molecule has 0 radical (unpaired) electrons. The Morgan fingerprint density at radius 3 is 2.20 bits per heavy atom. The quantitative estimate of drug-likeness (QED) is 0.637. The number of carbonyl (C=O) groups is 1. The van der Waals surface area contributed by atoms with Crippen LogP contribution in [-0.4, -0.2) is 30.3 Å². The van der Waals surface area contributed by atoms with Gasteiger partial charge in [-0.25, -0.2) is 8.78 Å². The number of benzene rings is 1. The van der Waals surface area contributed by atoms with E-state index in [1.165, 1.54) is 6.07 Å². The lowest BCUT2D eigenvalue weighted by Crippen LogP contribution is -2.32. The number of unbranched alkanes of at least 4 members (excludes halogenated alkanes) is 2. The predicted octanol–water partition coefficient (Wildman–Crippen LogP) is 4.05. The van der Waals surface area contributed by atoms with Crippen LogP contribution in [0.25, 0.3) is 0 Å². The van der Waals surface area contributed by atoms with E-state index in [9.17, 15) is 13.6 Å². The van der Waals surface area contributed by atoms with Gasteiger partial charge in [0.05, 0.1) is 12.1 Å². The molecule has 0 aliphatic carbocycles. The van der Waals surface area contributed by atoms with Gasteiger partial charge in [-0.3, -0.25) is 9.69 Å². The number of Topliss-reactive ketones (excluding diaryl/α,β-unsaturated/α-hetero) is 1. The normalized spacial score (nSPS) is 11.1. The minimum atomic E-state index is -0.777. The van der Waals surface area contributed by atoms with Gasteiger partial charge in [0.15, 0.2) is 5.78 Å². The maximum atomic E-state index is 13.6. The van der Waals surface area contributed by atoms with Crippen LogP contribution in [0, 0.1) is 11.6 Å². The second-order valence-electron chi connectivity index (χ2n) is 5.03. The summed E-state index contributed by atoms with van der Waals surface area (Å²) in [4.78, 5) is 14.2. The van der Waals surface area contributed by atoms with Gasteiger partial charge in [0.2, 0.25) is 0 Å². The smallest absolute Gasteiger partial charge is 0.179 e. The number of rotatable bonds is 9. The van der Waals surface area contributed by atoms with Crippen LogP contribution in [0.3, 0.4) is 0 Å².